The predicted molar refractivity (Wildman–Crippen MR) is 129 cm³/mol. The van der Waals surface area contributed by atoms with Crippen LogP contribution in [0.5, 0.6) is 0 Å². The first kappa shape index (κ1) is 23.7. The molecule has 7 heteroatoms. The molecule has 0 radical (unpaired) electrons. The summed E-state index contributed by atoms with van der Waals surface area (Å²) in [5.41, 5.74) is 4.05. The van der Waals surface area contributed by atoms with E-state index in [4.69, 9.17) is 0 Å². The Balaban J connectivity index is 1.57. The molecule has 0 saturated heterocycles. The van der Waals surface area contributed by atoms with Crippen molar-refractivity contribution in [2.24, 2.45) is 0 Å². The average molecular weight is 446 g/mol. The number of nitrogens with one attached hydrogen (secondary N) is 2. The topological polar surface area (TPSA) is 101 Å². The second-order valence-corrected chi connectivity index (χ2v) is 8.92. The second-order valence-electron chi connectivity index (χ2n) is 8.92. The number of rotatable bonds is 6. The van der Waals surface area contributed by atoms with Crippen molar-refractivity contribution in [3.63, 3.8) is 0 Å². The van der Waals surface area contributed by atoms with Gasteiger partial charge in [0, 0.05) is 35.0 Å². The Morgan fingerprint density at radius 3 is 2.00 bits per heavy atom. The maximum absolute atomic E-state index is 12.5. The van der Waals surface area contributed by atoms with Crippen LogP contribution in [-0.4, -0.2) is 16.7 Å². The zero-order valence-electron chi connectivity index (χ0n) is 19.1. The van der Waals surface area contributed by atoms with Crippen LogP contribution in [0.2, 0.25) is 0 Å². The molecular formula is C26H27N3O4. The molecule has 7 nitrogen and oxygen atoms in total. The number of aryl methyl sites for hydroxylation is 1. The molecule has 33 heavy (non-hydrogen) atoms. The molecule has 2 amide bonds. The summed E-state index contributed by atoms with van der Waals surface area (Å²) in [5.74, 6) is -0.483. The molecule has 0 spiro atoms. The number of anilines is 1. The summed E-state index contributed by atoms with van der Waals surface area (Å²) >= 11 is 0. The highest BCUT2D eigenvalue weighted by atomic mass is 16.6. The van der Waals surface area contributed by atoms with Gasteiger partial charge < -0.3 is 10.6 Å². The number of nitrogens with zero attached hydrogens (tertiary/aromatic N) is 1. The summed E-state index contributed by atoms with van der Waals surface area (Å²) in [5, 5.41) is 16.6. The van der Waals surface area contributed by atoms with Crippen molar-refractivity contribution in [1.82, 2.24) is 5.32 Å². The number of hydrogen-bond donors (Lipinski definition) is 2. The van der Waals surface area contributed by atoms with E-state index in [1.807, 2.05) is 24.3 Å². The summed E-state index contributed by atoms with van der Waals surface area (Å²) in [4.78, 5) is 35.4. The molecule has 3 aromatic rings. The highest BCUT2D eigenvalue weighted by Gasteiger charge is 2.15. The maximum atomic E-state index is 12.5. The first-order valence-corrected chi connectivity index (χ1v) is 10.6. The van der Waals surface area contributed by atoms with Crippen molar-refractivity contribution in [1.29, 1.82) is 0 Å². The van der Waals surface area contributed by atoms with Gasteiger partial charge in [-0.1, -0.05) is 45.0 Å². The summed E-state index contributed by atoms with van der Waals surface area (Å²) < 4.78 is 0. The SMILES string of the molecule is Cc1cc(NC(=O)c2ccc(CNC(=O)c3ccc(C(C)(C)C)cc3)cc2)ccc1[N+](=O)[O-]. The maximum Gasteiger partial charge on any atom is 0.272 e. The molecular weight excluding hydrogens is 418 g/mol. The number of carbonyl (C=O) groups is 2. The number of nitro groups is 1. The van der Waals surface area contributed by atoms with Crippen LogP contribution < -0.4 is 10.6 Å². The van der Waals surface area contributed by atoms with Crippen molar-refractivity contribution >= 4 is 23.2 Å². The van der Waals surface area contributed by atoms with E-state index in [0.29, 0.717) is 28.9 Å². The largest absolute Gasteiger partial charge is 0.348 e. The van der Waals surface area contributed by atoms with Crippen molar-refractivity contribution in [3.05, 3.63) is 105 Å². The summed E-state index contributed by atoms with van der Waals surface area (Å²) in [6.07, 6.45) is 0. The van der Waals surface area contributed by atoms with E-state index >= 15 is 0 Å². The Bertz CT molecular complexity index is 1180. The van der Waals surface area contributed by atoms with E-state index in [1.165, 1.54) is 12.1 Å². The highest BCUT2D eigenvalue weighted by Crippen LogP contribution is 2.23. The van der Waals surface area contributed by atoms with Gasteiger partial charge in [-0.15, -0.1) is 0 Å². The van der Waals surface area contributed by atoms with Gasteiger partial charge in [0.15, 0.2) is 0 Å². The smallest absolute Gasteiger partial charge is 0.272 e. The first-order chi connectivity index (χ1) is 15.5. The van der Waals surface area contributed by atoms with Crippen molar-refractivity contribution in [2.45, 2.75) is 39.7 Å². The molecule has 3 aromatic carbocycles. The Labute approximate surface area is 193 Å². The number of benzene rings is 3. The van der Waals surface area contributed by atoms with Gasteiger partial charge in [-0.25, -0.2) is 0 Å². The normalized spacial score (nSPS) is 11.0. The van der Waals surface area contributed by atoms with Crippen LogP contribution in [0.4, 0.5) is 11.4 Å². The minimum Gasteiger partial charge on any atom is -0.348 e. The minimum absolute atomic E-state index is 0.00421. The molecule has 0 aliphatic carbocycles. The Kier molecular flexibility index (Phi) is 6.92. The molecule has 170 valence electrons. The van der Waals surface area contributed by atoms with Gasteiger partial charge in [0.05, 0.1) is 4.92 Å². The monoisotopic (exact) mass is 445 g/mol. The summed E-state index contributed by atoms with van der Waals surface area (Å²) in [7, 11) is 0. The Morgan fingerprint density at radius 1 is 0.879 bits per heavy atom. The lowest BCUT2D eigenvalue weighted by Crippen LogP contribution is -2.23. The molecule has 0 fully saturated rings. The molecule has 0 saturated carbocycles. The zero-order chi connectivity index (χ0) is 24.2. The fourth-order valence-corrected chi connectivity index (χ4v) is 3.32. The standard InChI is InChI=1S/C26H27N3O4/c1-17-15-22(13-14-23(17)29(32)33)28-25(31)20-7-5-18(6-8-20)16-27-24(30)19-9-11-21(12-10-19)26(2,3)4/h5-15H,16H2,1-4H3,(H,27,30)(H,28,31). The van der Waals surface area contributed by atoms with E-state index in [-0.39, 0.29) is 22.9 Å². The van der Waals surface area contributed by atoms with Crippen LogP contribution >= 0.6 is 0 Å². The van der Waals surface area contributed by atoms with E-state index < -0.39 is 4.92 Å². The molecule has 0 unspecified atom stereocenters. The van der Waals surface area contributed by atoms with Gasteiger partial charge in [0.1, 0.15) is 0 Å². The molecule has 2 N–H and O–H groups in total. The lowest BCUT2D eigenvalue weighted by atomic mass is 9.87. The van der Waals surface area contributed by atoms with Crippen LogP contribution in [-0.2, 0) is 12.0 Å². The van der Waals surface area contributed by atoms with Crippen molar-refractivity contribution in [2.75, 3.05) is 5.32 Å². The van der Waals surface area contributed by atoms with Gasteiger partial charge >= 0.3 is 0 Å². The van der Waals surface area contributed by atoms with Gasteiger partial charge in [-0.2, -0.15) is 0 Å². The van der Waals surface area contributed by atoms with Crippen LogP contribution in [0.1, 0.15) is 58.2 Å². The van der Waals surface area contributed by atoms with Crippen LogP contribution in [0, 0.1) is 17.0 Å². The summed E-state index contributed by atoms with van der Waals surface area (Å²) in [6, 6.07) is 18.9. The van der Waals surface area contributed by atoms with Gasteiger partial charge in [0.25, 0.3) is 17.5 Å². The van der Waals surface area contributed by atoms with E-state index in [1.54, 1.807) is 37.3 Å². The zero-order valence-corrected chi connectivity index (χ0v) is 19.1. The van der Waals surface area contributed by atoms with Gasteiger partial charge in [0.2, 0.25) is 0 Å². The van der Waals surface area contributed by atoms with Gasteiger partial charge in [-0.3, -0.25) is 19.7 Å². The van der Waals surface area contributed by atoms with Crippen molar-refractivity contribution < 1.29 is 14.5 Å². The molecule has 0 bridgehead atoms. The third kappa shape index (κ3) is 6.04. The molecule has 3 rings (SSSR count). The summed E-state index contributed by atoms with van der Waals surface area (Å²) in [6.45, 7) is 8.33. The van der Waals surface area contributed by atoms with E-state index in [2.05, 4.69) is 31.4 Å². The third-order valence-corrected chi connectivity index (χ3v) is 5.33. The Morgan fingerprint density at radius 2 is 1.45 bits per heavy atom. The van der Waals surface area contributed by atoms with Crippen LogP contribution in [0.3, 0.4) is 0 Å². The van der Waals surface area contributed by atoms with Crippen LogP contribution in [0.25, 0.3) is 0 Å². The predicted octanol–water partition coefficient (Wildman–Crippen LogP) is 5.38. The molecule has 0 aliphatic heterocycles. The van der Waals surface area contributed by atoms with E-state index in [0.717, 1.165) is 11.1 Å². The number of carbonyl (C=O) groups excluding carboxylic acids is 2. The molecule has 0 aromatic heterocycles. The number of amides is 2. The quantitative estimate of drug-likeness (QED) is 0.393. The lowest BCUT2D eigenvalue weighted by Gasteiger charge is -2.19. The molecule has 0 aliphatic rings. The van der Waals surface area contributed by atoms with Crippen LogP contribution in [0.15, 0.2) is 66.7 Å². The average Bonchev–Trinajstić information content (AvgIpc) is 2.77. The van der Waals surface area contributed by atoms with Crippen molar-refractivity contribution in [3.8, 4) is 0 Å². The minimum atomic E-state index is -0.459. The van der Waals surface area contributed by atoms with Gasteiger partial charge in [-0.05, 0) is 59.9 Å². The number of nitro benzene ring substituents is 1. The molecule has 0 heterocycles. The number of hydrogen-bond acceptors (Lipinski definition) is 4. The highest BCUT2D eigenvalue weighted by molar-refractivity contribution is 6.04. The van der Waals surface area contributed by atoms with E-state index in [9.17, 15) is 19.7 Å². The fourth-order valence-electron chi connectivity index (χ4n) is 3.32. The third-order valence-electron chi connectivity index (χ3n) is 5.33. The second kappa shape index (κ2) is 9.65. The first-order valence-electron chi connectivity index (χ1n) is 10.6. The lowest BCUT2D eigenvalue weighted by molar-refractivity contribution is -0.385. The Hall–Kier alpha value is -4.00. The fraction of sp³-hybridized carbons (Fsp3) is 0.231. The molecule has 0 atom stereocenters.